The molecule has 0 saturated carbocycles. The number of aryl methyl sites for hydroxylation is 2. The van der Waals surface area contributed by atoms with E-state index in [9.17, 15) is 27.2 Å². The Labute approximate surface area is 261 Å². The first kappa shape index (κ1) is 32.3. The highest BCUT2D eigenvalue weighted by molar-refractivity contribution is 5.98. The Balaban J connectivity index is 0.000000178. The molecular formula is C36H39F4N3O2. The highest BCUT2D eigenvalue weighted by Crippen LogP contribution is 2.42. The second-order valence-electron chi connectivity index (χ2n) is 12.8. The molecule has 2 amide bonds. The monoisotopic (exact) mass is 621 g/mol. The number of anilines is 3. The van der Waals surface area contributed by atoms with Crippen LogP contribution in [-0.4, -0.2) is 11.8 Å². The topological polar surface area (TPSA) is 84.2 Å². The molecule has 4 N–H and O–H groups in total. The number of fused-ring (bicyclic) bond motifs is 2. The zero-order valence-electron chi connectivity index (χ0n) is 25.8. The number of allylic oxidation sites excluding steroid dienone is 2. The molecule has 5 nitrogen and oxygen atoms in total. The van der Waals surface area contributed by atoms with E-state index in [2.05, 4.69) is 55.7 Å². The van der Waals surface area contributed by atoms with Crippen LogP contribution >= 0.6 is 0 Å². The summed E-state index contributed by atoms with van der Waals surface area (Å²) in [6, 6.07) is 12.5. The molecule has 2 heterocycles. The van der Waals surface area contributed by atoms with E-state index in [-0.39, 0.29) is 11.8 Å². The van der Waals surface area contributed by atoms with E-state index in [0.29, 0.717) is 53.2 Å². The van der Waals surface area contributed by atoms with Crippen molar-refractivity contribution in [3.8, 4) is 11.1 Å². The molecule has 9 heteroatoms. The predicted molar refractivity (Wildman–Crippen MR) is 171 cm³/mol. The van der Waals surface area contributed by atoms with Gasteiger partial charge in [-0.05, 0) is 113 Å². The van der Waals surface area contributed by atoms with Crippen molar-refractivity contribution in [3.05, 3.63) is 82.7 Å². The minimum Gasteiger partial charge on any atom is -0.397 e. The third-order valence-electron chi connectivity index (χ3n) is 9.54. The number of rotatable bonds is 4. The largest absolute Gasteiger partial charge is 0.419 e. The van der Waals surface area contributed by atoms with Crippen LogP contribution < -0.4 is 16.4 Å². The molecule has 0 saturated heterocycles. The van der Waals surface area contributed by atoms with Crippen molar-refractivity contribution >= 4 is 34.4 Å². The summed E-state index contributed by atoms with van der Waals surface area (Å²) in [6.07, 6.45) is 4.90. The summed E-state index contributed by atoms with van der Waals surface area (Å²) < 4.78 is 51.5. The minimum atomic E-state index is -4.73. The van der Waals surface area contributed by atoms with E-state index in [1.165, 1.54) is 54.5 Å². The van der Waals surface area contributed by atoms with Gasteiger partial charge in [0.15, 0.2) is 0 Å². The maximum absolute atomic E-state index is 13.7. The van der Waals surface area contributed by atoms with Gasteiger partial charge in [-0.1, -0.05) is 45.4 Å². The SMILES string of the molecule is CCC(C)(C)C1CC=C(c2ccc3c(c2)CCC(=O)N3)CC1.Nc1cc(-c2ccc(C(F)(F)F)c(F)c2)cc2c1NC(=O)CC2. The van der Waals surface area contributed by atoms with Crippen LogP contribution in [0.3, 0.4) is 0 Å². The normalized spacial score (nSPS) is 18.0. The van der Waals surface area contributed by atoms with Gasteiger partial charge in [0.25, 0.3) is 0 Å². The van der Waals surface area contributed by atoms with Gasteiger partial charge < -0.3 is 16.4 Å². The number of nitrogens with one attached hydrogen (secondary N) is 2. The van der Waals surface area contributed by atoms with Gasteiger partial charge in [0.2, 0.25) is 11.8 Å². The summed E-state index contributed by atoms with van der Waals surface area (Å²) >= 11 is 0. The zero-order valence-corrected chi connectivity index (χ0v) is 25.8. The summed E-state index contributed by atoms with van der Waals surface area (Å²) in [6.45, 7) is 7.10. The van der Waals surface area contributed by atoms with Crippen LogP contribution in [0.4, 0.5) is 34.6 Å². The number of nitrogens with two attached hydrogens (primary N) is 1. The lowest BCUT2D eigenvalue weighted by molar-refractivity contribution is -0.140. The molecule has 3 aromatic rings. The number of benzene rings is 3. The van der Waals surface area contributed by atoms with Gasteiger partial charge in [-0.25, -0.2) is 4.39 Å². The Bertz CT molecular complexity index is 1660. The fourth-order valence-electron chi connectivity index (χ4n) is 6.30. The molecule has 2 aliphatic heterocycles. The summed E-state index contributed by atoms with van der Waals surface area (Å²) in [5.74, 6) is -0.531. The van der Waals surface area contributed by atoms with Crippen molar-refractivity contribution in [1.82, 2.24) is 0 Å². The second-order valence-corrected chi connectivity index (χ2v) is 12.8. The number of hydrogen-bond acceptors (Lipinski definition) is 3. The summed E-state index contributed by atoms with van der Waals surface area (Å²) in [5.41, 5.74) is 12.5. The maximum Gasteiger partial charge on any atom is 0.419 e. The van der Waals surface area contributed by atoms with Crippen LogP contribution in [0.5, 0.6) is 0 Å². The molecule has 238 valence electrons. The lowest BCUT2D eigenvalue weighted by Crippen LogP contribution is -2.24. The summed E-state index contributed by atoms with van der Waals surface area (Å²) in [5, 5.41) is 5.63. The number of carbonyl (C=O) groups is 2. The molecule has 0 fully saturated rings. The van der Waals surface area contributed by atoms with E-state index < -0.39 is 17.6 Å². The first-order valence-corrected chi connectivity index (χ1v) is 15.5. The van der Waals surface area contributed by atoms with Crippen molar-refractivity contribution in [2.45, 2.75) is 78.3 Å². The Hall–Kier alpha value is -4.14. The van der Waals surface area contributed by atoms with E-state index in [1.807, 2.05) is 0 Å². The molecule has 3 aromatic carbocycles. The third kappa shape index (κ3) is 7.24. The van der Waals surface area contributed by atoms with Crippen LogP contribution in [0.1, 0.15) is 81.5 Å². The average Bonchev–Trinajstić information content (AvgIpc) is 3.01. The standard InChI is InChI=1S/C20H27NO.C16H12F4N2O/c1-4-20(2,3)17-9-5-14(6-10-17)15-7-11-18-16(13-15)8-12-19(22)21-18;17-12-6-8(1-3-11(12)16(18,19)20)10-5-9-2-4-14(23)22-15(9)13(21)7-10/h5,7,11,13,17H,4,6,8-10,12H2,1-3H3,(H,21,22);1,3,5-7H,2,4,21H2,(H,22,23). The fraction of sp³-hybridized carbons (Fsp3) is 0.389. The Kier molecular flexibility index (Phi) is 9.10. The Morgan fingerprint density at radius 2 is 1.49 bits per heavy atom. The molecular weight excluding hydrogens is 582 g/mol. The van der Waals surface area contributed by atoms with Crippen molar-refractivity contribution < 1.29 is 27.2 Å². The van der Waals surface area contributed by atoms with E-state index in [0.717, 1.165) is 29.7 Å². The average molecular weight is 622 g/mol. The molecule has 1 atom stereocenters. The van der Waals surface area contributed by atoms with E-state index >= 15 is 0 Å². The lowest BCUT2D eigenvalue weighted by atomic mass is 9.70. The molecule has 0 aromatic heterocycles. The molecule has 0 spiro atoms. The molecule has 3 aliphatic rings. The highest BCUT2D eigenvalue weighted by atomic mass is 19.4. The van der Waals surface area contributed by atoms with Gasteiger partial charge in [-0.2, -0.15) is 13.2 Å². The van der Waals surface area contributed by atoms with Crippen molar-refractivity contribution in [3.63, 3.8) is 0 Å². The molecule has 45 heavy (non-hydrogen) atoms. The second kappa shape index (κ2) is 12.7. The van der Waals surface area contributed by atoms with Crippen LogP contribution in [0.25, 0.3) is 16.7 Å². The highest BCUT2D eigenvalue weighted by Gasteiger charge is 2.34. The van der Waals surface area contributed by atoms with Gasteiger partial charge in [0.1, 0.15) is 5.82 Å². The van der Waals surface area contributed by atoms with Gasteiger partial charge in [-0.3, -0.25) is 9.59 Å². The van der Waals surface area contributed by atoms with Crippen molar-refractivity contribution in [2.24, 2.45) is 11.3 Å². The Morgan fingerprint density at radius 3 is 2.13 bits per heavy atom. The van der Waals surface area contributed by atoms with Crippen LogP contribution in [0.15, 0.2) is 54.6 Å². The minimum absolute atomic E-state index is 0.141. The molecule has 6 rings (SSSR count). The van der Waals surface area contributed by atoms with Crippen molar-refractivity contribution in [1.29, 1.82) is 0 Å². The summed E-state index contributed by atoms with van der Waals surface area (Å²) in [4.78, 5) is 22.8. The molecule has 0 radical (unpaired) electrons. The quantitative estimate of drug-likeness (QED) is 0.201. The van der Waals surface area contributed by atoms with Gasteiger partial charge in [0.05, 0.1) is 16.9 Å². The van der Waals surface area contributed by atoms with Crippen molar-refractivity contribution in [2.75, 3.05) is 16.4 Å². The number of nitrogen functional groups attached to an aromatic ring is 1. The maximum atomic E-state index is 13.7. The number of amides is 2. The number of hydrogen-bond donors (Lipinski definition) is 3. The number of alkyl halides is 3. The number of carbonyl (C=O) groups excluding carboxylic acids is 2. The smallest absolute Gasteiger partial charge is 0.397 e. The molecule has 1 aliphatic carbocycles. The van der Waals surface area contributed by atoms with Crippen LogP contribution in [0.2, 0.25) is 0 Å². The first-order chi connectivity index (χ1) is 21.2. The molecule has 1 unspecified atom stereocenters. The number of halogens is 4. The summed E-state index contributed by atoms with van der Waals surface area (Å²) in [7, 11) is 0. The predicted octanol–water partition coefficient (Wildman–Crippen LogP) is 9.17. The van der Waals surface area contributed by atoms with E-state index in [4.69, 9.17) is 5.73 Å². The van der Waals surface area contributed by atoms with Gasteiger partial charge in [0, 0.05) is 18.5 Å². The van der Waals surface area contributed by atoms with Crippen LogP contribution in [-0.2, 0) is 28.6 Å². The first-order valence-electron chi connectivity index (χ1n) is 15.5. The lowest BCUT2D eigenvalue weighted by Gasteiger charge is -2.36. The zero-order chi connectivity index (χ0) is 32.5. The van der Waals surface area contributed by atoms with Gasteiger partial charge >= 0.3 is 6.18 Å². The van der Waals surface area contributed by atoms with Gasteiger partial charge in [-0.15, -0.1) is 0 Å². The molecule has 0 bridgehead atoms. The van der Waals surface area contributed by atoms with E-state index in [1.54, 1.807) is 6.07 Å². The van der Waals surface area contributed by atoms with Crippen LogP contribution in [0, 0.1) is 17.2 Å². The third-order valence-corrected chi connectivity index (χ3v) is 9.54. The fourth-order valence-corrected chi connectivity index (χ4v) is 6.30. The Morgan fingerprint density at radius 1 is 0.822 bits per heavy atom.